The maximum absolute atomic E-state index is 4.79. The molecular weight excluding hydrogens is 152 g/mol. The molecule has 0 aromatic carbocycles. The van der Waals surface area contributed by atoms with Crippen LogP contribution in [0.3, 0.4) is 0 Å². The Balaban J connectivity index is 2.45. The zero-order chi connectivity index (χ0) is 8.81. The molecule has 0 aliphatic carbocycles. The molecule has 0 unspecified atom stereocenters. The fourth-order valence-corrected chi connectivity index (χ4v) is 1.17. The lowest BCUT2D eigenvalue weighted by Gasteiger charge is -2.19. The normalized spacial score (nSPS) is 10.2. The van der Waals surface area contributed by atoms with Crippen molar-refractivity contribution in [1.82, 2.24) is 5.16 Å². The van der Waals surface area contributed by atoms with Gasteiger partial charge in [0.2, 0.25) is 0 Å². The van der Waals surface area contributed by atoms with Crippen LogP contribution in [0.5, 0.6) is 0 Å². The molecule has 1 rings (SSSR count). The van der Waals surface area contributed by atoms with Gasteiger partial charge in [0.1, 0.15) is 6.26 Å². The SMILES string of the molecule is CCCCN(CC)c1cnoc1. The molecule has 0 bridgehead atoms. The van der Waals surface area contributed by atoms with Crippen molar-refractivity contribution >= 4 is 5.69 Å². The van der Waals surface area contributed by atoms with Crippen LogP contribution in [0.25, 0.3) is 0 Å². The molecule has 0 aliphatic heterocycles. The second-order valence-corrected chi connectivity index (χ2v) is 2.82. The predicted octanol–water partition coefficient (Wildman–Crippen LogP) is 2.30. The van der Waals surface area contributed by atoms with Crippen molar-refractivity contribution in [2.75, 3.05) is 18.0 Å². The summed E-state index contributed by atoms with van der Waals surface area (Å²) < 4.78 is 4.79. The van der Waals surface area contributed by atoms with Crippen LogP contribution in [0, 0.1) is 0 Å². The van der Waals surface area contributed by atoms with Crippen LogP contribution in [0.4, 0.5) is 5.69 Å². The van der Waals surface area contributed by atoms with E-state index < -0.39 is 0 Å². The minimum absolute atomic E-state index is 1.02. The van der Waals surface area contributed by atoms with Gasteiger partial charge >= 0.3 is 0 Å². The molecule has 0 aliphatic rings. The van der Waals surface area contributed by atoms with Crippen molar-refractivity contribution in [1.29, 1.82) is 0 Å². The average molecular weight is 168 g/mol. The van der Waals surface area contributed by atoms with Gasteiger partial charge in [0.05, 0.1) is 11.9 Å². The first-order valence-electron chi connectivity index (χ1n) is 4.52. The van der Waals surface area contributed by atoms with E-state index in [2.05, 4.69) is 23.9 Å². The van der Waals surface area contributed by atoms with Gasteiger partial charge in [0.15, 0.2) is 0 Å². The molecule has 0 N–H and O–H groups in total. The molecule has 1 aromatic rings. The molecule has 12 heavy (non-hydrogen) atoms. The molecule has 1 heterocycles. The standard InChI is InChI=1S/C9H16N2O/c1-3-5-6-11(4-2)9-7-10-12-8-9/h7-8H,3-6H2,1-2H3. The number of hydrogen-bond acceptors (Lipinski definition) is 3. The minimum Gasteiger partial charge on any atom is -0.368 e. The summed E-state index contributed by atoms with van der Waals surface area (Å²) in [5.41, 5.74) is 1.09. The summed E-state index contributed by atoms with van der Waals surface area (Å²) in [4.78, 5) is 2.26. The highest BCUT2D eigenvalue weighted by Gasteiger charge is 2.04. The summed E-state index contributed by atoms with van der Waals surface area (Å²) in [6, 6.07) is 0. The third-order valence-electron chi connectivity index (χ3n) is 1.95. The summed E-state index contributed by atoms with van der Waals surface area (Å²) in [6.45, 7) is 6.44. The van der Waals surface area contributed by atoms with Crippen molar-refractivity contribution in [3.63, 3.8) is 0 Å². The molecule has 0 amide bonds. The molecule has 0 saturated heterocycles. The molecule has 3 nitrogen and oxygen atoms in total. The molecule has 0 spiro atoms. The van der Waals surface area contributed by atoms with Crippen molar-refractivity contribution in [2.24, 2.45) is 0 Å². The van der Waals surface area contributed by atoms with E-state index in [0.717, 1.165) is 18.8 Å². The Bertz CT molecular complexity index is 196. The van der Waals surface area contributed by atoms with Gasteiger partial charge < -0.3 is 9.42 Å². The first kappa shape index (κ1) is 9.10. The van der Waals surface area contributed by atoms with Crippen molar-refractivity contribution in [3.8, 4) is 0 Å². The van der Waals surface area contributed by atoms with E-state index >= 15 is 0 Å². The summed E-state index contributed by atoms with van der Waals surface area (Å²) in [6.07, 6.45) is 5.90. The Kier molecular flexibility index (Phi) is 3.64. The Morgan fingerprint density at radius 1 is 1.50 bits per heavy atom. The van der Waals surface area contributed by atoms with Crippen molar-refractivity contribution in [2.45, 2.75) is 26.7 Å². The maximum Gasteiger partial charge on any atom is 0.147 e. The smallest absolute Gasteiger partial charge is 0.147 e. The number of unbranched alkanes of at least 4 members (excludes halogenated alkanes) is 1. The van der Waals surface area contributed by atoms with E-state index in [1.54, 1.807) is 12.5 Å². The lowest BCUT2D eigenvalue weighted by atomic mass is 10.3. The number of aromatic nitrogens is 1. The Morgan fingerprint density at radius 3 is 2.83 bits per heavy atom. The van der Waals surface area contributed by atoms with E-state index in [1.807, 2.05) is 0 Å². The predicted molar refractivity (Wildman–Crippen MR) is 49.3 cm³/mol. The van der Waals surface area contributed by atoms with Gasteiger partial charge in [0.25, 0.3) is 0 Å². The monoisotopic (exact) mass is 168 g/mol. The van der Waals surface area contributed by atoms with E-state index in [9.17, 15) is 0 Å². The van der Waals surface area contributed by atoms with E-state index in [4.69, 9.17) is 4.52 Å². The largest absolute Gasteiger partial charge is 0.368 e. The molecule has 68 valence electrons. The van der Waals surface area contributed by atoms with Crippen molar-refractivity contribution in [3.05, 3.63) is 12.5 Å². The Labute approximate surface area is 73.3 Å². The fraction of sp³-hybridized carbons (Fsp3) is 0.667. The first-order valence-corrected chi connectivity index (χ1v) is 4.52. The third kappa shape index (κ3) is 2.26. The van der Waals surface area contributed by atoms with Crippen LogP contribution >= 0.6 is 0 Å². The number of nitrogens with zero attached hydrogens (tertiary/aromatic N) is 2. The summed E-state index contributed by atoms with van der Waals surface area (Å²) in [7, 11) is 0. The molecule has 1 aromatic heterocycles. The van der Waals surface area contributed by atoms with Crippen LogP contribution in [0.2, 0.25) is 0 Å². The second-order valence-electron chi connectivity index (χ2n) is 2.82. The van der Waals surface area contributed by atoms with Crippen LogP contribution in [-0.2, 0) is 0 Å². The van der Waals surface area contributed by atoms with Crippen LogP contribution in [-0.4, -0.2) is 18.2 Å². The van der Waals surface area contributed by atoms with Gasteiger partial charge in [-0.2, -0.15) is 0 Å². The highest BCUT2D eigenvalue weighted by Crippen LogP contribution is 2.12. The fourth-order valence-electron chi connectivity index (χ4n) is 1.17. The summed E-state index contributed by atoms with van der Waals surface area (Å²) in [5.74, 6) is 0. The first-order chi connectivity index (χ1) is 5.88. The summed E-state index contributed by atoms with van der Waals surface area (Å²) >= 11 is 0. The van der Waals surface area contributed by atoms with Gasteiger partial charge in [-0.1, -0.05) is 18.5 Å². The molecule has 0 saturated carbocycles. The average Bonchev–Trinajstić information content (AvgIpc) is 2.59. The van der Waals surface area contributed by atoms with Crippen LogP contribution in [0.1, 0.15) is 26.7 Å². The second kappa shape index (κ2) is 4.80. The summed E-state index contributed by atoms with van der Waals surface area (Å²) in [5, 5.41) is 3.68. The van der Waals surface area contributed by atoms with E-state index in [1.165, 1.54) is 12.8 Å². The highest BCUT2D eigenvalue weighted by atomic mass is 16.5. The molecule has 0 radical (unpaired) electrons. The molecular formula is C9H16N2O. The van der Waals surface area contributed by atoms with Gasteiger partial charge in [0, 0.05) is 13.1 Å². The van der Waals surface area contributed by atoms with Crippen molar-refractivity contribution < 1.29 is 4.52 Å². The van der Waals surface area contributed by atoms with Crippen LogP contribution < -0.4 is 4.90 Å². The number of hydrogen-bond donors (Lipinski definition) is 0. The lowest BCUT2D eigenvalue weighted by Crippen LogP contribution is -2.23. The minimum atomic E-state index is 1.02. The zero-order valence-electron chi connectivity index (χ0n) is 7.79. The maximum atomic E-state index is 4.79. The van der Waals surface area contributed by atoms with Crippen LogP contribution in [0.15, 0.2) is 17.0 Å². The molecule has 0 atom stereocenters. The Hall–Kier alpha value is -0.990. The highest BCUT2D eigenvalue weighted by molar-refractivity contribution is 5.40. The topological polar surface area (TPSA) is 29.3 Å². The van der Waals surface area contributed by atoms with Gasteiger partial charge in [-0.3, -0.25) is 0 Å². The van der Waals surface area contributed by atoms with E-state index in [-0.39, 0.29) is 0 Å². The molecule has 3 heteroatoms. The molecule has 0 fully saturated rings. The number of anilines is 1. The number of rotatable bonds is 5. The van der Waals surface area contributed by atoms with Gasteiger partial charge in [-0.05, 0) is 13.3 Å². The van der Waals surface area contributed by atoms with E-state index in [0.29, 0.717) is 0 Å². The van der Waals surface area contributed by atoms with Gasteiger partial charge in [-0.15, -0.1) is 0 Å². The quantitative estimate of drug-likeness (QED) is 0.675. The lowest BCUT2D eigenvalue weighted by molar-refractivity contribution is 0.419. The third-order valence-corrected chi connectivity index (χ3v) is 1.95. The van der Waals surface area contributed by atoms with Gasteiger partial charge in [-0.25, -0.2) is 0 Å². The Morgan fingerprint density at radius 2 is 2.33 bits per heavy atom. The zero-order valence-corrected chi connectivity index (χ0v) is 7.79.